The Morgan fingerprint density at radius 3 is 2.48 bits per heavy atom. The summed E-state index contributed by atoms with van der Waals surface area (Å²) in [4.78, 5) is 0.0986. The van der Waals surface area contributed by atoms with Crippen molar-refractivity contribution >= 4 is 10.0 Å². The first-order valence-electron chi connectivity index (χ1n) is 7.14. The Kier molecular flexibility index (Phi) is 6.31. The summed E-state index contributed by atoms with van der Waals surface area (Å²) in [6.45, 7) is 9.26. The third-order valence-electron chi connectivity index (χ3n) is 2.86. The lowest BCUT2D eigenvalue weighted by molar-refractivity contribution is 0.407. The van der Waals surface area contributed by atoms with E-state index in [0.717, 1.165) is 13.0 Å². The SMILES string of the molecule is CCCNCc1cc(S(=O)(=O)NCC(C)(C)C)ccc1F. The highest BCUT2D eigenvalue weighted by Gasteiger charge is 2.19. The maximum absolute atomic E-state index is 13.7. The van der Waals surface area contributed by atoms with E-state index in [9.17, 15) is 12.8 Å². The maximum atomic E-state index is 13.7. The molecule has 6 heteroatoms. The maximum Gasteiger partial charge on any atom is 0.240 e. The van der Waals surface area contributed by atoms with E-state index >= 15 is 0 Å². The third kappa shape index (κ3) is 6.11. The predicted octanol–water partition coefficient (Wildman–Crippen LogP) is 2.65. The molecule has 0 radical (unpaired) electrons. The van der Waals surface area contributed by atoms with E-state index in [1.165, 1.54) is 18.2 Å². The van der Waals surface area contributed by atoms with Crippen molar-refractivity contribution < 1.29 is 12.8 Å². The average molecular weight is 316 g/mol. The fourth-order valence-corrected chi connectivity index (χ4v) is 2.98. The van der Waals surface area contributed by atoms with E-state index in [1.54, 1.807) is 0 Å². The van der Waals surface area contributed by atoms with Crippen LogP contribution in [0.25, 0.3) is 0 Å². The van der Waals surface area contributed by atoms with E-state index in [0.29, 0.717) is 18.7 Å². The second kappa shape index (κ2) is 7.33. The van der Waals surface area contributed by atoms with E-state index in [1.807, 2.05) is 27.7 Å². The Bertz CT molecular complexity index is 566. The first kappa shape index (κ1) is 18.1. The van der Waals surface area contributed by atoms with Gasteiger partial charge in [0.1, 0.15) is 5.82 Å². The fourth-order valence-electron chi connectivity index (χ4n) is 1.65. The molecule has 1 rings (SSSR count). The molecule has 4 nitrogen and oxygen atoms in total. The van der Waals surface area contributed by atoms with Crippen molar-refractivity contribution in [2.45, 2.75) is 45.6 Å². The van der Waals surface area contributed by atoms with Gasteiger partial charge in [-0.2, -0.15) is 0 Å². The highest BCUT2D eigenvalue weighted by atomic mass is 32.2. The van der Waals surface area contributed by atoms with Gasteiger partial charge < -0.3 is 5.32 Å². The minimum Gasteiger partial charge on any atom is -0.313 e. The second-order valence-electron chi connectivity index (χ2n) is 6.32. The van der Waals surface area contributed by atoms with Gasteiger partial charge in [-0.15, -0.1) is 0 Å². The summed E-state index contributed by atoms with van der Waals surface area (Å²) in [5, 5.41) is 3.07. The molecular weight excluding hydrogens is 291 g/mol. The lowest BCUT2D eigenvalue weighted by Crippen LogP contribution is -2.32. The van der Waals surface area contributed by atoms with Crippen LogP contribution in [0.2, 0.25) is 0 Å². The van der Waals surface area contributed by atoms with Gasteiger partial charge in [-0.05, 0) is 36.6 Å². The molecule has 2 N–H and O–H groups in total. The first-order chi connectivity index (χ1) is 9.65. The second-order valence-corrected chi connectivity index (χ2v) is 8.08. The molecule has 0 spiro atoms. The number of halogens is 1. The quantitative estimate of drug-likeness (QED) is 0.760. The summed E-state index contributed by atoms with van der Waals surface area (Å²) in [5.74, 6) is -0.395. The topological polar surface area (TPSA) is 58.2 Å². The Morgan fingerprint density at radius 2 is 1.90 bits per heavy atom. The van der Waals surface area contributed by atoms with Crippen LogP contribution in [0.3, 0.4) is 0 Å². The van der Waals surface area contributed by atoms with Gasteiger partial charge in [0.25, 0.3) is 0 Å². The number of benzene rings is 1. The molecule has 0 amide bonds. The van der Waals surface area contributed by atoms with Crippen LogP contribution in [0.1, 0.15) is 39.7 Å². The van der Waals surface area contributed by atoms with Crippen molar-refractivity contribution in [1.29, 1.82) is 0 Å². The van der Waals surface area contributed by atoms with Crippen LogP contribution in [-0.2, 0) is 16.6 Å². The third-order valence-corrected chi connectivity index (χ3v) is 4.26. The highest BCUT2D eigenvalue weighted by molar-refractivity contribution is 7.89. The smallest absolute Gasteiger partial charge is 0.240 e. The van der Waals surface area contributed by atoms with E-state index < -0.39 is 15.8 Å². The van der Waals surface area contributed by atoms with Gasteiger partial charge in [-0.3, -0.25) is 0 Å². The Balaban J connectivity index is 2.89. The van der Waals surface area contributed by atoms with Gasteiger partial charge in [-0.25, -0.2) is 17.5 Å². The van der Waals surface area contributed by atoms with E-state index in [-0.39, 0.29) is 10.3 Å². The predicted molar refractivity (Wildman–Crippen MR) is 83.0 cm³/mol. The van der Waals surface area contributed by atoms with Gasteiger partial charge in [0.15, 0.2) is 0 Å². The summed E-state index contributed by atoms with van der Waals surface area (Å²) >= 11 is 0. The van der Waals surface area contributed by atoms with E-state index in [4.69, 9.17) is 0 Å². The van der Waals surface area contributed by atoms with Crippen LogP contribution in [0, 0.1) is 11.2 Å². The molecule has 0 atom stereocenters. The van der Waals surface area contributed by atoms with Crippen LogP contribution in [-0.4, -0.2) is 21.5 Å². The van der Waals surface area contributed by atoms with Crippen molar-refractivity contribution in [2.24, 2.45) is 5.41 Å². The van der Waals surface area contributed by atoms with Crippen LogP contribution in [0.4, 0.5) is 4.39 Å². The molecule has 0 saturated heterocycles. The molecule has 0 aliphatic heterocycles. The van der Waals surface area contributed by atoms with Crippen LogP contribution >= 0.6 is 0 Å². The zero-order chi connectivity index (χ0) is 16.1. The largest absolute Gasteiger partial charge is 0.313 e. The monoisotopic (exact) mass is 316 g/mol. The van der Waals surface area contributed by atoms with Gasteiger partial charge in [0, 0.05) is 18.7 Å². The fraction of sp³-hybridized carbons (Fsp3) is 0.600. The van der Waals surface area contributed by atoms with Gasteiger partial charge in [0.2, 0.25) is 10.0 Å². The normalized spacial score (nSPS) is 12.6. The van der Waals surface area contributed by atoms with Crippen LogP contribution in [0.15, 0.2) is 23.1 Å². The molecule has 21 heavy (non-hydrogen) atoms. The lowest BCUT2D eigenvalue weighted by Gasteiger charge is -2.19. The number of rotatable bonds is 7. The minimum atomic E-state index is -3.61. The minimum absolute atomic E-state index is 0.0986. The number of hydrogen-bond acceptors (Lipinski definition) is 3. The molecule has 120 valence electrons. The van der Waals surface area contributed by atoms with Crippen molar-refractivity contribution in [3.05, 3.63) is 29.6 Å². The van der Waals surface area contributed by atoms with E-state index in [2.05, 4.69) is 10.0 Å². The molecule has 0 aliphatic carbocycles. The summed E-state index contributed by atoms with van der Waals surface area (Å²) in [7, 11) is -3.61. The van der Waals surface area contributed by atoms with Crippen molar-refractivity contribution in [3.8, 4) is 0 Å². The summed E-state index contributed by atoms with van der Waals surface area (Å²) < 4.78 is 40.7. The molecule has 0 bridgehead atoms. The molecular formula is C15H25FN2O2S. The number of nitrogens with one attached hydrogen (secondary N) is 2. The van der Waals surface area contributed by atoms with Crippen LogP contribution in [0.5, 0.6) is 0 Å². The Hall–Kier alpha value is -0.980. The molecule has 0 aromatic heterocycles. The highest BCUT2D eigenvalue weighted by Crippen LogP contribution is 2.17. The molecule has 0 fully saturated rings. The summed E-state index contributed by atoms with van der Waals surface area (Å²) in [6, 6.07) is 3.89. The molecule has 1 aromatic rings. The van der Waals surface area contributed by atoms with Crippen molar-refractivity contribution in [2.75, 3.05) is 13.1 Å². The molecule has 0 unspecified atom stereocenters. The van der Waals surface area contributed by atoms with Gasteiger partial charge in [-0.1, -0.05) is 27.7 Å². The number of hydrogen-bond donors (Lipinski definition) is 2. The standard InChI is InChI=1S/C15H25FN2O2S/c1-5-8-17-10-12-9-13(6-7-14(12)16)21(19,20)18-11-15(2,3)4/h6-7,9,17-18H,5,8,10-11H2,1-4H3. The first-order valence-corrected chi connectivity index (χ1v) is 8.63. The number of sulfonamides is 1. The van der Waals surface area contributed by atoms with Crippen LogP contribution < -0.4 is 10.0 Å². The molecule has 0 saturated carbocycles. The van der Waals surface area contributed by atoms with Crippen molar-refractivity contribution in [1.82, 2.24) is 10.0 Å². The Morgan fingerprint density at radius 1 is 1.24 bits per heavy atom. The zero-order valence-electron chi connectivity index (χ0n) is 13.2. The average Bonchev–Trinajstić information content (AvgIpc) is 2.38. The molecule has 0 heterocycles. The Labute approximate surface area is 127 Å². The van der Waals surface area contributed by atoms with Crippen molar-refractivity contribution in [3.63, 3.8) is 0 Å². The molecule has 0 aliphatic rings. The van der Waals surface area contributed by atoms with Gasteiger partial charge in [0.05, 0.1) is 4.90 Å². The summed E-state index contributed by atoms with van der Waals surface area (Å²) in [5.41, 5.74) is 0.209. The molecule has 1 aromatic carbocycles. The summed E-state index contributed by atoms with van der Waals surface area (Å²) in [6.07, 6.45) is 0.937. The van der Waals surface area contributed by atoms with Gasteiger partial charge >= 0.3 is 0 Å². The lowest BCUT2D eigenvalue weighted by atomic mass is 9.98. The zero-order valence-corrected chi connectivity index (χ0v) is 14.0.